The second-order valence-corrected chi connectivity index (χ2v) is 7.33. The number of anilines is 1. The van der Waals surface area contributed by atoms with Crippen LogP contribution in [0.25, 0.3) is 0 Å². The van der Waals surface area contributed by atoms with Gasteiger partial charge in [0.25, 0.3) is 17.7 Å². The normalized spacial score (nSPS) is 17.1. The van der Waals surface area contributed by atoms with E-state index in [1.165, 1.54) is 0 Å². The van der Waals surface area contributed by atoms with E-state index < -0.39 is 11.8 Å². The van der Waals surface area contributed by atoms with Gasteiger partial charge in [0.05, 0.1) is 16.8 Å². The molecule has 0 bridgehead atoms. The van der Waals surface area contributed by atoms with Gasteiger partial charge in [-0.1, -0.05) is 30.5 Å². The summed E-state index contributed by atoms with van der Waals surface area (Å²) in [5.74, 6) is -0.907. The molecule has 3 amide bonds. The number of benzene rings is 2. The van der Waals surface area contributed by atoms with Gasteiger partial charge in [-0.25, -0.2) is 4.90 Å². The topological polar surface area (TPSA) is 57.7 Å². The molecule has 0 aliphatic carbocycles. The summed E-state index contributed by atoms with van der Waals surface area (Å²) in [6.07, 6.45) is 4.26. The molecule has 2 aromatic rings. The van der Waals surface area contributed by atoms with Crippen LogP contribution in [0.2, 0.25) is 5.02 Å². The quantitative estimate of drug-likeness (QED) is 0.733. The number of fused-ring (bicyclic) bond motifs is 1. The third kappa shape index (κ3) is 3.23. The fourth-order valence-electron chi connectivity index (χ4n) is 3.68. The zero-order valence-corrected chi connectivity index (χ0v) is 15.5. The Balaban J connectivity index is 1.65. The van der Waals surface area contributed by atoms with Gasteiger partial charge >= 0.3 is 0 Å². The molecule has 2 aliphatic heterocycles. The zero-order valence-electron chi connectivity index (χ0n) is 14.8. The van der Waals surface area contributed by atoms with Crippen molar-refractivity contribution in [3.05, 3.63) is 64.2 Å². The average Bonchev–Trinajstić information content (AvgIpc) is 2.86. The maximum atomic E-state index is 12.9. The summed E-state index contributed by atoms with van der Waals surface area (Å²) in [5.41, 5.74) is 1.45. The van der Waals surface area contributed by atoms with Crippen molar-refractivity contribution in [3.63, 3.8) is 0 Å². The summed E-state index contributed by atoms with van der Waals surface area (Å²) in [4.78, 5) is 41.4. The molecule has 0 radical (unpaired) electrons. The first-order chi connectivity index (χ1) is 13.1. The van der Waals surface area contributed by atoms with Crippen molar-refractivity contribution in [2.75, 3.05) is 18.0 Å². The second-order valence-electron chi connectivity index (χ2n) is 6.89. The monoisotopic (exact) mass is 382 g/mol. The van der Waals surface area contributed by atoms with Crippen molar-refractivity contribution in [1.29, 1.82) is 0 Å². The van der Waals surface area contributed by atoms with E-state index in [4.69, 9.17) is 11.6 Å². The largest absolute Gasteiger partial charge is 0.339 e. The zero-order chi connectivity index (χ0) is 19.0. The van der Waals surface area contributed by atoms with Crippen LogP contribution in [0, 0.1) is 0 Å². The molecular formula is C21H19ClN2O3. The van der Waals surface area contributed by atoms with Crippen LogP contribution in [0.3, 0.4) is 0 Å². The van der Waals surface area contributed by atoms with E-state index >= 15 is 0 Å². The van der Waals surface area contributed by atoms with Crippen LogP contribution in [0.4, 0.5) is 5.69 Å². The number of rotatable bonds is 2. The lowest BCUT2D eigenvalue weighted by molar-refractivity contribution is 0.0761. The Morgan fingerprint density at radius 2 is 1.56 bits per heavy atom. The minimum atomic E-state index is -0.428. The van der Waals surface area contributed by atoms with Gasteiger partial charge in [-0.05, 0) is 49.2 Å². The Morgan fingerprint density at radius 3 is 2.26 bits per heavy atom. The fourth-order valence-corrected chi connectivity index (χ4v) is 3.86. The third-order valence-corrected chi connectivity index (χ3v) is 5.33. The predicted molar refractivity (Wildman–Crippen MR) is 103 cm³/mol. The highest BCUT2D eigenvalue weighted by Gasteiger charge is 2.37. The number of hydrogen-bond donors (Lipinski definition) is 0. The number of carbonyl (C=O) groups excluding carboxylic acids is 3. The Morgan fingerprint density at radius 1 is 0.852 bits per heavy atom. The van der Waals surface area contributed by atoms with Gasteiger partial charge < -0.3 is 4.90 Å². The molecule has 0 N–H and O–H groups in total. The van der Waals surface area contributed by atoms with Crippen molar-refractivity contribution in [2.45, 2.75) is 25.7 Å². The van der Waals surface area contributed by atoms with Crippen LogP contribution in [0.1, 0.15) is 56.8 Å². The molecule has 2 aromatic carbocycles. The molecule has 0 atom stereocenters. The van der Waals surface area contributed by atoms with Crippen molar-refractivity contribution >= 4 is 35.0 Å². The molecule has 6 heteroatoms. The van der Waals surface area contributed by atoms with Crippen LogP contribution < -0.4 is 4.90 Å². The molecule has 2 heterocycles. The first-order valence-corrected chi connectivity index (χ1v) is 9.52. The van der Waals surface area contributed by atoms with Gasteiger partial charge in [-0.3, -0.25) is 14.4 Å². The minimum absolute atomic E-state index is 0.0823. The molecule has 0 aromatic heterocycles. The van der Waals surface area contributed by atoms with E-state index in [0.717, 1.165) is 43.7 Å². The smallest absolute Gasteiger partial charge is 0.266 e. The Bertz CT molecular complexity index is 933. The number of likely N-dealkylation sites (tertiary alicyclic amines) is 1. The summed E-state index contributed by atoms with van der Waals surface area (Å²) in [6.45, 7) is 1.47. The van der Waals surface area contributed by atoms with E-state index in [-0.39, 0.29) is 11.5 Å². The molecule has 1 saturated heterocycles. The van der Waals surface area contributed by atoms with Crippen molar-refractivity contribution in [2.24, 2.45) is 0 Å². The standard InChI is InChI=1S/C21H19ClN2O3/c22-15-6-5-7-16(13-15)24-20(26)17-9-8-14(12-18(17)21(24)27)19(25)23-10-3-1-2-4-11-23/h5-9,12-13H,1-4,10-11H2. The number of imide groups is 1. The van der Waals surface area contributed by atoms with Crippen molar-refractivity contribution in [1.82, 2.24) is 4.90 Å². The molecule has 27 heavy (non-hydrogen) atoms. The molecule has 0 spiro atoms. The molecule has 0 unspecified atom stereocenters. The number of halogens is 1. The van der Waals surface area contributed by atoms with E-state index in [1.54, 1.807) is 42.5 Å². The lowest BCUT2D eigenvalue weighted by Gasteiger charge is -2.20. The summed E-state index contributed by atoms with van der Waals surface area (Å²) in [6, 6.07) is 11.4. The van der Waals surface area contributed by atoms with Crippen LogP contribution in [0.15, 0.2) is 42.5 Å². The summed E-state index contributed by atoms with van der Waals surface area (Å²) in [5, 5.41) is 0.445. The number of nitrogens with zero attached hydrogens (tertiary/aromatic N) is 2. The Labute approximate surface area is 162 Å². The summed E-state index contributed by atoms with van der Waals surface area (Å²) in [7, 11) is 0. The van der Waals surface area contributed by atoms with Crippen LogP contribution >= 0.6 is 11.6 Å². The average molecular weight is 383 g/mol. The fraction of sp³-hybridized carbons (Fsp3) is 0.286. The molecular weight excluding hydrogens is 364 g/mol. The lowest BCUT2D eigenvalue weighted by Crippen LogP contribution is -2.32. The Kier molecular flexibility index (Phi) is 4.70. The minimum Gasteiger partial charge on any atom is -0.339 e. The molecule has 5 nitrogen and oxygen atoms in total. The second kappa shape index (κ2) is 7.16. The van der Waals surface area contributed by atoms with Crippen LogP contribution in [-0.2, 0) is 0 Å². The SMILES string of the molecule is O=C(c1ccc2c(c1)C(=O)N(c1cccc(Cl)c1)C2=O)N1CCCCCC1. The summed E-state index contributed by atoms with van der Waals surface area (Å²) < 4.78 is 0. The first kappa shape index (κ1) is 17.7. The lowest BCUT2D eigenvalue weighted by atomic mass is 10.0. The molecule has 2 aliphatic rings. The van der Waals surface area contributed by atoms with Gasteiger partial charge in [0.15, 0.2) is 0 Å². The third-order valence-electron chi connectivity index (χ3n) is 5.09. The van der Waals surface area contributed by atoms with Gasteiger partial charge in [0, 0.05) is 23.7 Å². The first-order valence-electron chi connectivity index (χ1n) is 9.14. The number of amides is 3. The highest BCUT2D eigenvalue weighted by molar-refractivity contribution is 6.35. The molecule has 0 saturated carbocycles. The predicted octanol–water partition coefficient (Wildman–Crippen LogP) is 4.16. The molecule has 1 fully saturated rings. The van der Waals surface area contributed by atoms with E-state index in [2.05, 4.69) is 0 Å². The van der Waals surface area contributed by atoms with Crippen LogP contribution in [0.5, 0.6) is 0 Å². The van der Waals surface area contributed by atoms with Gasteiger partial charge in [-0.2, -0.15) is 0 Å². The van der Waals surface area contributed by atoms with E-state index in [1.807, 2.05) is 4.90 Å². The number of hydrogen-bond acceptors (Lipinski definition) is 3. The molecule has 4 rings (SSSR count). The summed E-state index contributed by atoms with van der Waals surface area (Å²) >= 11 is 6.00. The van der Waals surface area contributed by atoms with Gasteiger partial charge in [0.2, 0.25) is 0 Å². The van der Waals surface area contributed by atoms with E-state index in [0.29, 0.717) is 21.8 Å². The van der Waals surface area contributed by atoms with Crippen molar-refractivity contribution < 1.29 is 14.4 Å². The van der Waals surface area contributed by atoms with Crippen LogP contribution in [-0.4, -0.2) is 35.7 Å². The highest BCUT2D eigenvalue weighted by Crippen LogP contribution is 2.30. The maximum Gasteiger partial charge on any atom is 0.266 e. The highest BCUT2D eigenvalue weighted by atomic mass is 35.5. The van der Waals surface area contributed by atoms with Gasteiger partial charge in [0.1, 0.15) is 0 Å². The number of carbonyl (C=O) groups is 3. The van der Waals surface area contributed by atoms with E-state index in [9.17, 15) is 14.4 Å². The van der Waals surface area contributed by atoms with Crippen molar-refractivity contribution in [3.8, 4) is 0 Å². The Hall–Kier alpha value is -2.66. The van der Waals surface area contributed by atoms with Gasteiger partial charge in [-0.15, -0.1) is 0 Å². The maximum absolute atomic E-state index is 12.9. The molecule has 138 valence electrons.